The Morgan fingerprint density at radius 3 is 2.68 bits per heavy atom. The molecule has 9 atom stereocenters. The normalized spacial score (nSPS) is 73.9. The molecule has 4 saturated carbocycles. The molecule has 0 radical (unpaired) electrons. The lowest BCUT2D eigenvalue weighted by Crippen LogP contribution is -2.85. The molecule has 102 valence electrons. The van der Waals surface area contributed by atoms with Crippen molar-refractivity contribution in [2.45, 2.75) is 50.7 Å². The molecule has 0 heterocycles. The second-order valence-corrected chi connectivity index (χ2v) is 8.94. The Balaban J connectivity index is 1.71. The Kier molecular flexibility index (Phi) is 1.29. The Bertz CT molecular complexity index is 578. The van der Waals surface area contributed by atoms with Crippen LogP contribution in [0.3, 0.4) is 0 Å². The van der Waals surface area contributed by atoms with E-state index in [9.17, 15) is 5.11 Å². The number of fused-ring (bicyclic) bond motifs is 1. The van der Waals surface area contributed by atoms with E-state index >= 15 is 0 Å². The van der Waals surface area contributed by atoms with E-state index in [0.717, 1.165) is 41.9 Å². The molecule has 4 fully saturated rings. The SMILES string of the molecule is CC1(O)CC2CC3C4=C5C6CC(CC4C23)C6(C)C51N. The van der Waals surface area contributed by atoms with Gasteiger partial charge in [-0.3, -0.25) is 0 Å². The number of hydrogen-bond donors (Lipinski definition) is 2. The van der Waals surface area contributed by atoms with Crippen molar-refractivity contribution >= 4 is 0 Å². The Morgan fingerprint density at radius 2 is 1.89 bits per heavy atom. The van der Waals surface area contributed by atoms with E-state index in [-0.39, 0.29) is 11.0 Å². The van der Waals surface area contributed by atoms with Crippen molar-refractivity contribution in [2.75, 3.05) is 0 Å². The van der Waals surface area contributed by atoms with Gasteiger partial charge in [-0.2, -0.15) is 0 Å². The molecule has 8 aliphatic carbocycles. The topological polar surface area (TPSA) is 46.2 Å². The molecule has 0 amide bonds. The van der Waals surface area contributed by atoms with Crippen LogP contribution >= 0.6 is 0 Å². The third kappa shape index (κ3) is 0.666. The quantitative estimate of drug-likeness (QED) is 0.653. The molecule has 2 nitrogen and oxygen atoms in total. The van der Waals surface area contributed by atoms with Crippen molar-refractivity contribution in [3.8, 4) is 0 Å². The van der Waals surface area contributed by atoms with Crippen LogP contribution in [-0.4, -0.2) is 16.2 Å². The lowest BCUT2D eigenvalue weighted by molar-refractivity contribution is -0.219. The highest BCUT2D eigenvalue weighted by molar-refractivity contribution is 5.58. The van der Waals surface area contributed by atoms with E-state index in [1.165, 1.54) is 19.3 Å². The zero-order chi connectivity index (χ0) is 12.9. The summed E-state index contributed by atoms with van der Waals surface area (Å²) in [7, 11) is 0. The molecule has 0 aliphatic heterocycles. The number of nitrogens with two attached hydrogens (primary N) is 1. The summed E-state index contributed by atoms with van der Waals surface area (Å²) in [5.74, 6) is 4.94. The van der Waals surface area contributed by atoms with Crippen molar-refractivity contribution in [3.05, 3.63) is 11.1 Å². The molecular formula is C17H23NO. The van der Waals surface area contributed by atoms with Crippen LogP contribution in [0.5, 0.6) is 0 Å². The molecule has 8 rings (SSSR count). The summed E-state index contributed by atoms with van der Waals surface area (Å²) in [6, 6.07) is 0. The maximum absolute atomic E-state index is 11.2. The molecular weight excluding hydrogens is 234 g/mol. The molecule has 0 aromatic rings. The molecule has 19 heavy (non-hydrogen) atoms. The summed E-state index contributed by atoms with van der Waals surface area (Å²) in [6.07, 6.45) is 5.05. The predicted octanol–water partition coefficient (Wildman–Crippen LogP) is 2.08. The van der Waals surface area contributed by atoms with Gasteiger partial charge in [0.05, 0.1) is 11.1 Å². The van der Waals surface area contributed by atoms with Gasteiger partial charge in [0.15, 0.2) is 0 Å². The summed E-state index contributed by atoms with van der Waals surface area (Å²) < 4.78 is 0. The van der Waals surface area contributed by atoms with Gasteiger partial charge < -0.3 is 10.8 Å². The average molecular weight is 257 g/mol. The highest BCUT2D eigenvalue weighted by atomic mass is 16.3. The third-order valence-corrected chi connectivity index (χ3v) is 8.90. The molecule has 0 spiro atoms. The molecule has 0 saturated heterocycles. The van der Waals surface area contributed by atoms with Gasteiger partial charge >= 0.3 is 0 Å². The molecule has 0 aromatic carbocycles. The summed E-state index contributed by atoms with van der Waals surface area (Å²) in [5, 5.41) is 11.2. The first-order valence-electron chi connectivity index (χ1n) is 8.17. The monoisotopic (exact) mass is 257 g/mol. The predicted molar refractivity (Wildman–Crippen MR) is 72.1 cm³/mol. The van der Waals surface area contributed by atoms with Crippen molar-refractivity contribution in [1.29, 1.82) is 0 Å². The van der Waals surface area contributed by atoms with Gasteiger partial charge in [-0.1, -0.05) is 12.5 Å². The highest BCUT2D eigenvalue weighted by Crippen LogP contribution is 2.84. The standard InChI is InChI=1S/C17H23NO/c1-15(19)6-7-3-9-12(7)10-4-8-5-11-14(13(9)10)17(15,18)16(8,11)2/h7-12,19H,3-6,18H2,1-2H3. The van der Waals surface area contributed by atoms with Crippen LogP contribution in [-0.2, 0) is 0 Å². The molecule has 2 heteroatoms. The summed E-state index contributed by atoms with van der Waals surface area (Å²) >= 11 is 0. The van der Waals surface area contributed by atoms with E-state index in [0.29, 0.717) is 0 Å². The van der Waals surface area contributed by atoms with Gasteiger partial charge in [0.1, 0.15) is 0 Å². The van der Waals surface area contributed by atoms with Gasteiger partial charge in [-0.15, -0.1) is 0 Å². The molecule has 3 N–H and O–H groups in total. The minimum atomic E-state index is -0.679. The highest BCUT2D eigenvalue weighted by Gasteiger charge is 2.83. The van der Waals surface area contributed by atoms with E-state index in [1.807, 2.05) is 6.92 Å². The van der Waals surface area contributed by atoms with Gasteiger partial charge in [-0.25, -0.2) is 0 Å². The van der Waals surface area contributed by atoms with E-state index in [2.05, 4.69) is 6.92 Å². The number of allylic oxidation sites excluding steroid dienone is 1. The molecule has 10 bridgehead atoms. The van der Waals surface area contributed by atoms with Crippen LogP contribution in [0.15, 0.2) is 11.1 Å². The van der Waals surface area contributed by atoms with Crippen LogP contribution in [0, 0.1) is 40.9 Å². The smallest absolute Gasteiger partial charge is 0.0845 e. The lowest BCUT2D eigenvalue weighted by Gasteiger charge is -2.78. The Morgan fingerprint density at radius 1 is 1.16 bits per heavy atom. The Labute approximate surface area is 114 Å². The fourth-order valence-electron chi connectivity index (χ4n) is 8.00. The molecule has 9 unspecified atom stereocenters. The third-order valence-electron chi connectivity index (χ3n) is 8.90. The van der Waals surface area contributed by atoms with Crippen LogP contribution in [0.1, 0.15) is 39.5 Å². The van der Waals surface area contributed by atoms with Gasteiger partial charge in [0, 0.05) is 5.41 Å². The van der Waals surface area contributed by atoms with Crippen LogP contribution in [0.2, 0.25) is 0 Å². The minimum Gasteiger partial charge on any atom is -0.388 e. The molecule has 0 aromatic heterocycles. The first-order valence-corrected chi connectivity index (χ1v) is 8.17. The minimum absolute atomic E-state index is 0.206. The van der Waals surface area contributed by atoms with Gasteiger partial charge in [-0.05, 0) is 73.7 Å². The second kappa shape index (κ2) is 2.35. The zero-order valence-corrected chi connectivity index (χ0v) is 11.8. The molecule has 8 aliphatic rings. The first kappa shape index (κ1) is 10.4. The van der Waals surface area contributed by atoms with Crippen molar-refractivity contribution in [3.63, 3.8) is 0 Å². The fraction of sp³-hybridized carbons (Fsp3) is 0.882. The maximum atomic E-state index is 11.2. The van der Waals surface area contributed by atoms with Crippen LogP contribution < -0.4 is 5.73 Å². The van der Waals surface area contributed by atoms with Crippen LogP contribution in [0.25, 0.3) is 0 Å². The second-order valence-electron chi connectivity index (χ2n) is 8.94. The van der Waals surface area contributed by atoms with Gasteiger partial charge in [0.2, 0.25) is 0 Å². The van der Waals surface area contributed by atoms with E-state index < -0.39 is 5.60 Å². The summed E-state index contributed by atoms with van der Waals surface area (Å²) in [5.41, 5.74) is 9.43. The number of hydrogen-bond acceptors (Lipinski definition) is 2. The van der Waals surface area contributed by atoms with Crippen molar-refractivity contribution in [1.82, 2.24) is 0 Å². The first-order chi connectivity index (χ1) is 8.91. The fourth-order valence-corrected chi connectivity index (χ4v) is 8.00. The van der Waals surface area contributed by atoms with E-state index in [4.69, 9.17) is 5.73 Å². The number of rotatable bonds is 0. The maximum Gasteiger partial charge on any atom is 0.0845 e. The van der Waals surface area contributed by atoms with Crippen molar-refractivity contribution in [2.24, 2.45) is 46.7 Å². The largest absolute Gasteiger partial charge is 0.388 e. The Hall–Kier alpha value is -0.340. The summed E-state index contributed by atoms with van der Waals surface area (Å²) in [4.78, 5) is 0. The van der Waals surface area contributed by atoms with Gasteiger partial charge in [0.25, 0.3) is 0 Å². The average Bonchev–Trinajstić information content (AvgIpc) is 2.54. The van der Waals surface area contributed by atoms with E-state index in [1.54, 1.807) is 11.1 Å². The van der Waals surface area contributed by atoms with Crippen LogP contribution in [0.4, 0.5) is 0 Å². The van der Waals surface area contributed by atoms with Crippen molar-refractivity contribution < 1.29 is 5.11 Å². The summed E-state index contributed by atoms with van der Waals surface area (Å²) in [6.45, 7) is 4.43. The zero-order valence-electron chi connectivity index (χ0n) is 11.8. The lowest BCUT2D eigenvalue weighted by atomic mass is 9.28. The number of aliphatic hydroxyl groups is 1.